The van der Waals surface area contributed by atoms with Gasteiger partial charge in [-0.25, -0.2) is 4.98 Å². The Hall–Kier alpha value is -2.88. The van der Waals surface area contributed by atoms with Crippen LogP contribution in [0.3, 0.4) is 0 Å². The molecule has 0 spiro atoms. The molecule has 7 nitrogen and oxygen atoms in total. The molecule has 0 bridgehead atoms. The van der Waals surface area contributed by atoms with E-state index < -0.39 is 6.36 Å². The van der Waals surface area contributed by atoms with E-state index in [4.69, 9.17) is 0 Å². The van der Waals surface area contributed by atoms with E-state index >= 15 is 0 Å². The molecule has 1 aliphatic rings. The molecular weight excluding hydrogens is 361 g/mol. The Morgan fingerprint density at radius 3 is 2.67 bits per heavy atom. The highest BCUT2D eigenvalue weighted by Gasteiger charge is 2.33. The molecule has 0 atom stereocenters. The summed E-state index contributed by atoms with van der Waals surface area (Å²) in [5, 5.41) is 7.99. The first-order valence-electron chi connectivity index (χ1n) is 8.33. The van der Waals surface area contributed by atoms with Gasteiger partial charge in [-0.3, -0.25) is 9.30 Å². The molecule has 142 valence electrons. The van der Waals surface area contributed by atoms with E-state index in [1.807, 2.05) is 11.4 Å². The van der Waals surface area contributed by atoms with Gasteiger partial charge in [-0.15, -0.1) is 23.4 Å². The Morgan fingerprint density at radius 2 is 1.96 bits per heavy atom. The molecule has 3 aromatic rings. The SMILES string of the molecule is CN(Cc1ccc(OC(F)(F)F)cc1)C1CN(c2nccn3cnnc23)C1. The molecule has 1 aliphatic heterocycles. The van der Waals surface area contributed by atoms with Crippen LogP contribution < -0.4 is 9.64 Å². The lowest BCUT2D eigenvalue weighted by Gasteiger charge is -2.44. The number of benzene rings is 1. The molecule has 2 aromatic heterocycles. The van der Waals surface area contributed by atoms with Crippen molar-refractivity contribution in [2.75, 3.05) is 25.0 Å². The third kappa shape index (κ3) is 3.80. The number of aromatic nitrogens is 4. The van der Waals surface area contributed by atoms with Crippen molar-refractivity contribution in [3.8, 4) is 5.75 Å². The molecule has 3 heterocycles. The van der Waals surface area contributed by atoms with E-state index in [1.54, 1.807) is 30.9 Å². The number of anilines is 1. The minimum Gasteiger partial charge on any atom is -0.406 e. The van der Waals surface area contributed by atoms with Crippen molar-refractivity contribution in [3.05, 3.63) is 48.5 Å². The third-order valence-electron chi connectivity index (χ3n) is 4.57. The van der Waals surface area contributed by atoms with Crippen molar-refractivity contribution in [1.29, 1.82) is 0 Å². The van der Waals surface area contributed by atoms with E-state index in [1.165, 1.54) is 12.1 Å². The standard InChI is InChI=1S/C17H17F3N6O/c1-24(8-12-2-4-14(5-3-12)27-17(18,19)20)13-9-26(10-13)15-16-23-22-11-25(16)7-6-21-15/h2-7,11,13H,8-10H2,1H3. The van der Waals surface area contributed by atoms with Crippen molar-refractivity contribution in [2.24, 2.45) is 0 Å². The van der Waals surface area contributed by atoms with E-state index in [2.05, 4.69) is 29.7 Å². The largest absolute Gasteiger partial charge is 0.573 e. The summed E-state index contributed by atoms with van der Waals surface area (Å²) in [6.45, 7) is 2.23. The minimum absolute atomic E-state index is 0.212. The Morgan fingerprint density at radius 1 is 1.22 bits per heavy atom. The maximum Gasteiger partial charge on any atom is 0.573 e. The van der Waals surface area contributed by atoms with E-state index in [-0.39, 0.29) is 5.75 Å². The zero-order chi connectivity index (χ0) is 19.0. The summed E-state index contributed by atoms with van der Waals surface area (Å²) in [6, 6.07) is 6.28. The van der Waals surface area contributed by atoms with Crippen LogP contribution in [0.25, 0.3) is 5.65 Å². The van der Waals surface area contributed by atoms with Crippen molar-refractivity contribution >= 4 is 11.5 Å². The Bertz CT molecular complexity index is 920. The van der Waals surface area contributed by atoms with Gasteiger partial charge in [-0.2, -0.15) is 0 Å². The number of nitrogens with zero attached hydrogens (tertiary/aromatic N) is 6. The molecule has 0 amide bonds. The Balaban J connectivity index is 1.34. The van der Waals surface area contributed by atoms with Crippen LogP contribution in [0.5, 0.6) is 5.75 Å². The molecule has 0 aliphatic carbocycles. The van der Waals surface area contributed by atoms with Crippen LogP contribution >= 0.6 is 0 Å². The molecule has 0 N–H and O–H groups in total. The van der Waals surface area contributed by atoms with E-state index in [9.17, 15) is 13.2 Å². The topological polar surface area (TPSA) is 58.8 Å². The highest BCUT2D eigenvalue weighted by Crippen LogP contribution is 2.26. The van der Waals surface area contributed by atoms with Gasteiger partial charge in [0, 0.05) is 38.1 Å². The molecule has 0 saturated carbocycles. The summed E-state index contributed by atoms with van der Waals surface area (Å²) >= 11 is 0. The monoisotopic (exact) mass is 378 g/mol. The molecular formula is C17H17F3N6O. The predicted octanol–water partition coefficient (Wildman–Crippen LogP) is 2.34. The average Bonchev–Trinajstić information content (AvgIpc) is 3.03. The fourth-order valence-corrected chi connectivity index (χ4v) is 3.09. The molecule has 27 heavy (non-hydrogen) atoms. The summed E-state index contributed by atoms with van der Waals surface area (Å²) < 4.78 is 42.4. The lowest BCUT2D eigenvalue weighted by Crippen LogP contribution is -2.58. The van der Waals surface area contributed by atoms with Crippen LogP contribution in [0.15, 0.2) is 43.0 Å². The fourth-order valence-electron chi connectivity index (χ4n) is 3.09. The van der Waals surface area contributed by atoms with Crippen molar-refractivity contribution in [2.45, 2.75) is 18.9 Å². The quantitative estimate of drug-likeness (QED) is 0.679. The molecule has 0 radical (unpaired) electrons. The number of alkyl halides is 3. The minimum atomic E-state index is -4.67. The zero-order valence-corrected chi connectivity index (χ0v) is 14.5. The third-order valence-corrected chi connectivity index (χ3v) is 4.57. The fraction of sp³-hybridized carbons (Fsp3) is 0.353. The Labute approximate surface area is 153 Å². The zero-order valence-electron chi connectivity index (χ0n) is 14.5. The summed E-state index contributed by atoms with van der Waals surface area (Å²) in [6.07, 6.45) is 0.479. The second-order valence-electron chi connectivity index (χ2n) is 6.48. The van der Waals surface area contributed by atoms with Crippen LogP contribution in [-0.4, -0.2) is 57.0 Å². The van der Waals surface area contributed by atoms with Gasteiger partial charge in [0.25, 0.3) is 0 Å². The predicted molar refractivity (Wildman–Crippen MR) is 91.4 cm³/mol. The molecule has 1 fully saturated rings. The molecule has 4 rings (SSSR count). The van der Waals surface area contributed by atoms with E-state index in [0.29, 0.717) is 12.6 Å². The van der Waals surface area contributed by atoms with E-state index in [0.717, 1.165) is 30.1 Å². The van der Waals surface area contributed by atoms with Crippen molar-refractivity contribution in [1.82, 2.24) is 24.5 Å². The summed E-state index contributed by atoms with van der Waals surface area (Å²) in [4.78, 5) is 8.69. The number of hydrogen-bond acceptors (Lipinski definition) is 6. The maximum atomic E-state index is 12.2. The number of rotatable bonds is 5. The second-order valence-corrected chi connectivity index (χ2v) is 6.48. The van der Waals surface area contributed by atoms with Gasteiger partial charge in [0.2, 0.25) is 5.65 Å². The number of fused-ring (bicyclic) bond motifs is 1. The van der Waals surface area contributed by atoms with Gasteiger partial charge in [-0.1, -0.05) is 12.1 Å². The number of hydrogen-bond donors (Lipinski definition) is 0. The Kier molecular flexibility index (Phi) is 4.34. The molecule has 1 saturated heterocycles. The van der Waals surface area contributed by atoms with Crippen molar-refractivity contribution in [3.63, 3.8) is 0 Å². The highest BCUT2D eigenvalue weighted by atomic mass is 19.4. The summed E-state index contributed by atoms with van der Waals surface area (Å²) in [5.41, 5.74) is 1.64. The molecule has 10 heteroatoms. The van der Waals surface area contributed by atoms with Crippen molar-refractivity contribution < 1.29 is 17.9 Å². The summed E-state index contributed by atoms with van der Waals surface area (Å²) in [5.74, 6) is 0.588. The highest BCUT2D eigenvalue weighted by molar-refractivity contribution is 5.64. The van der Waals surface area contributed by atoms with Gasteiger partial charge < -0.3 is 9.64 Å². The van der Waals surface area contributed by atoms with Crippen LogP contribution in [0.2, 0.25) is 0 Å². The first-order valence-corrected chi connectivity index (χ1v) is 8.33. The average molecular weight is 378 g/mol. The van der Waals surface area contributed by atoms with Crippen LogP contribution in [0.4, 0.5) is 19.0 Å². The van der Waals surface area contributed by atoms with Crippen LogP contribution in [0, 0.1) is 0 Å². The first-order chi connectivity index (χ1) is 12.9. The van der Waals surface area contributed by atoms with Crippen LogP contribution in [0.1, 0.15) is 5.56 Å². The second kappa shape index (κ2) is 6.69. The number of ether oxygens (including phenoxy) is 1. The van der Waals surface area contributed by atoms with Gasteiger partial charge in [0.15, 0.2) is 5.82 Å². The molecule has 0 unspecified atom stereocenters. The summed E-state index contributed by atoms with van der Waals surface area (Å²) in [7, 11) is 1.99. The first kappa shape index (κ1) is 17.5. The maximum absolute atomic E-state index is 12.2. The van der Waals surface area contributed by atoms with Gasteiger partial charge in [0.1, 0.15) is 12.1 Å². The number of halogens is 3. The van der Waals surface area contributed by atoms with Gasteiger partial charge in [0.05, 0.1) is 0 Å². The smallest absolute Gasteiger partial charge is 0.406 e. The van der Waals surface area contributed by atoms with Gasteiger partial charge in [-0.05, 0) is 24.7 Å². The van der Waals surface area contributed by atoms with Gasteiger partial charge >= 0.3 is 6.36 Å². The van der Waals surface area contributed by atoms with Crippen LogP contribution in [-0.2, 0) is 6.54 Å². The normalized spacial score (nSPS) is 15.4. The molecule has 1 aromatic carbocycles. The number of likely N-dealkylation sites (N-methyl/N-ethyl adjacent to an activating group) is 1. The lowest BCUT2D eigenvalue weighted by molar-refractivity contribution is -0.274. The lowest BCUT2D eigenvalue weighted by atomic mass is 10.1.